The summed E-state index contributed by atoms with van der Waals surface area (Å²) in [5.41, 5.74) is -0.0125. The molecule has 0 aliphatic carbocycles. The quantitative estimate of drug-likeness (QED) is 0.464. The van der Waals surface area contributed by atoms with E-state index in [1.165, 1.54) is 18.7 Å². The van der Waals surface area contributed by atoms with Crippen LogP contribution < -0.4 is 0 Å². The van der Waals surface area contributed by atoms with Crippen molar-refractivity contribution in [1.82, 2.24) is 14.3 Å². The second-order valence-electron chi connectivity index (χ2n) is 7.59. The van der Waals surface area contributed by atoms with Crippen molar-refractivity contribution in [2.24, 2.45) is 10.9 Å². The van der Waals surface area contributed by atoms with Crippen LogP contribution >= 0.6 is 11.6 Å². The van der Waals surface area contributed by atoms with Gasteiger partial charge in [-0.25, -0.2) is 4.98 Å². The van der Waals surface area contributed by atoms with Gasteiger partial charge in [0.1, 0.15) is 5.15 Å². The van der Waals surface area contributed by atoms with Crippen LogP contribution in [0.1, 0.15) is 36.3 Å². The molecule has 4 heterocycles. The highest BCUT2D eigenvalue weighted by Crippen LogP contribution is 2.37. The Morgan fingerprint density at radius 3 is 2.81 bits per heavy atom. The molecule has 0 saturated carbocycles. The summed E-state index contributed by atoms with van der Waals surface area (Å²) in [4.78, 5) is 23.0. The number of carbonyl (C=O) groups is 1. The molecule has 1 amide bonds. The minimum Gasteiger partial charge on any atom is -0.472 e. The second-order valence-corrected chi connectivity index (χ2v) is 7.94. The molecule has 3 aromatic heterocycles. The van der Waals surface area contributed by atoms with Gasteiger partial charge in [0, 0.05) is 48.2 Å². The summed E-state index contributed by atoms with van der Waals surface area (Å²) in [6.07, 6.45) is 3.64. The minimum absolute atomic E-state index is 0.0735. The summed E-state index contributed by atoms with van der Waals surface area (Å²) < 4.78 is 47.5. The monoisotopic (exact) mass is 464 g/mol. The van der Waals surface area contributed by atoms with Crippen LogP contribution in [0.3, 0.4) is 0 Å². The number of likely N-dealkylation sites (tertiary alicyclic amines) is 1. The Balaban J connectivity index is 1.73. The van der Waals surface area contributed by atoms with Crippen molar-refractivity contribution in [1.29, 1.82) is 0 Å². The average molecular weight is 465 g/mol. The Labute approximate surface area is 187 Å². The van der Waals surface area contributed by atoms with Gasteiger partial charge in [0.15, 0.2) is 11.3 Å². The molecule has 1 unspecified atom stereocenters. The van der Waals surface area contributed by atoms with E-state index in [0.717, 1.165) is 16.2 Å². The number of rotatable bonds is 4. The number of imidazole rings is 1. The first kappa shape index (κ1) is 22.1. The number of amides is 1. The fourth-order valence-corrected chi connectivity index (χ4v) is 4.03. The molecule has 1 atom stereocenters. The van der Waals surface area contributed by atoms with E-state index in [1.807, 2.05) is 19.9 Å². The summed E-state index contributed by atoms with van der Waals surface area (Å²) in [5, 5.41) is -0.163. The maximum Gasteiger partial charge on any atom is 0.420 e. The Hall–Kier alpha value is -3.07. The maximum absolute atomic E-state index is 13.8. The summed E-state index contributed by atoms with van der Waals surface area (Å²) in [7, 11) is 0. The van der Waals surface area contributed by atoms with Gasteiger partial charge in [0.05, 0.1) is 18.1 Å². The number of nitrogens with zero attached hydrogens (tertiary/aromatic N) is 4. The van der Waals surface area contributed by atoms with E-state index in [1.54, 1.807) is 17.2 Å². The Morgan fingerprint density at radius 1 is 1.38 bits per heavy atom. The molecule has 1 fully saturated rings. The molecule has 0 spiro atoms. The average Bonchev–Trinajstić information content (AvgIpc) is 3.50. The molecule has 1 saturated heterocycles. The number of aliphatic imine (C=N–C) groups is 1. The van der Waals surface area contributed by atoms with Gasteiger partial charge >= 0.3 is 6.18 Å². The minimum atomic E-state index is -4.69. The van der Waals surface area contributed by atoms with E-state index < -0.39 is 23.3 Å². The van der Waals surface area contributed by atoms with E-state index in [-0.39, 0.29) is 22.3 Å². The van der Waals surface area contributed by atoms with Gasteiger partial charge in [0.2, 0.25) is 0 Å². The smallest absolute Gasteiger partial charge is 0.420 e. The van der Waals surface area contributed by atoms with Crippen LogP contribution in [0.25, 0.3) is 16.8 Å². The predicted molar refractivity (Wildman–Crippen MR) is 115 cm³/mol. The van der Waals surface area contributed by atoms with Crippen LogP contribution in [-0.4, -0.2) is 39.0 Å². The van der Waals surface area contributed by atoms with Gasteiger partial charge in [0.25, 0.3) is 5.91 Å². The van der Waals surface area contributed by atoms with Gasteiger partial charge in [-0.05, 0) is 32.4 Å². The number of hydrogen-bond donors (Lipinski definition) is 0. The van der Waals surface area contributed by atoms with E-state index >= 15 is 0 Å². The topological polar surface area (TPSA) is 63.1 Å². The van der Waals surface area contributed by atoms with Crippen molar-refractivity contribution in [2.45, 2.75) is 26.4 Å². The summed E-state index contributed by atoms with van der Waals surface area (Å²) in [5.74, 6) is -0.428. The van der Waals surface area contributed by atoms with Gasteiger partial charge in [-0.1, -0.05) is 17.7 Å². The van der Waals surface area contributed by atoms with Gasteiger partial charge in [-0.2, -0.15) is 13.2 Å². The molecule has 3 aromatic rings. The number of fused-ring (bicyclic) bond motifs is 1. The number of pyridine rings is 1. The zero-order valence-corrected chi connectivity index (χ0v) is 18.1. The molecule has 1 aliphatic rings. The van der Waals surface area contributed by atoms with Crippen LogP contribution in [0.2, 0.25) is 5.15 Å². The molecule has 0 radical (unpaired) electrons. The third kappa shape index (κ3) is 4.04. The molecular formula is C22H20ClF3N4O2. The van der Waals surface area contributed by atoms with Crippen LogP contribution in [0.15, 0.2) is 52.5 Å². The summed E-state index contributed by atoms with van der Waals surface area (Å²) in [6.45, 7) is 4.61. The van der Waals surface area contributed by atoms with E-state index in [9.17, 15) is 18.0 Å². The lowest BCUT2D eigenvalue weighted by molar-refractivity contribution is -0.136. The Bertz CT molecular complexity index is 1210. The van der Waals surface area contributed by atoms with E-state index in [4.69, 9.17) is 16.0 Å². The number of hydrogen-bond acceptors (Lipinski definition) is 4. The van der Waals surface area contributed by atoms with Crippen LogP contribution in [-0.2, 0) is 6.18 Å². The number of alkyl halides is 3. The number of carbonyl (C=O) groups excluding carboxylic acids is 1. The first-order valence-electron chi connectivity index (χ1n) is 9.96. The SMILES string of the molecule is C/C=C\N=C(C)C1CCN(C(=O)c2nc3c(C(F)(F)F)cc(-c4ccoc4)cn3c2Cl)C1. The molecule has 168 valence electrons. The van der Waals surface area contributed by atoms with Gasteiger partial charge < -0.3 is 9.32 Å². The largest absolute Gasteiger partial charge is 0.472 e. The molecule has 1 aliphatic heterocycles. The molecular weight excluding hydrogens is 445 g/mol. The Kier molecular flexibility index (Phi) is 5.85. The first-order valence-corrected chi connectivity index (χ1v) is 10.3. The number of halogens is 4. The fraction of sp³-hybridized carbons (Fsp3) is 0.318. The predicted octanol–water partition coefficient (Wildman–Crippen LogP) is 5.72. The molecule has 4 rings (SSSR count). The molecule has 0 bridgehead atoms. The third-order valence-electron chi connectivity index (χ3n) is 5.52. The third-order valence-corrected chi connectivity index (χ3v) is 5.88. The number of furan rings is 1. The molecule has 10 heteroatoms. The lowest BCUT2D eigenvalue weighted by Crippen LogP contribution is -2.30. The van der Waals surface area contributed by atoms with Crippen molar-refractivity contribution in [3.8, 4) is 11.1 Å². The van der Waals surface area contributed by atoms with Crippen LogP contribution in [0.5, 0.6) is 0 Å². The molecule has 6 nitrogen and oxygen atoms in total. The number of aromatic nitrogens is 2. The normalized spacial score (nSPS) is 17.8. The molecule has 32 heavy (non-hydrogen) atoms. The highest BCUT2D eigenvalue weighted by molar-refractivity contribution is 6.33. The van der Waals surface area contributed by atoms with Gasteiger partial charge in [-0.15, -0.1) is 0 Å². The van der Waals surface area contributed by atoms with Crippen molar-refractivity contribution in [2.75, 3.05) is 13.1 Å². The van der Waals surface area contributed by atoms with Gasteiger partial charge in [-0.3, -0.25) is 14.2 Å². The molecule has 0 aromatic carbocycles. The maximum atomic E-state index is 13.8. The van der Waals surface area contributed by atoms with Crippen molar-refractivity contribution in [3.05, 3.63) is 59.5 Å². The summed E-state index contributed by atoms with van der Waals surface area (Å²) in [6, 6.07) is 2.52. The first-order chi connectivity index (χ1) is 15.2. The van der Waals surface area contributed by atoms with Crippen molar-refractivity contribution in [3.63, 3.8) is 0 Å². The van der Waals surface area contributed by atoms with Crippen LogP contribution in [0.4, 0.5) is 13.2 Å². The van der Waals surface area contributed by atoms with Crippen molar-refractivity contribution >= 4 is 28.9 Å². The number of allylic oxidation sites excluding steroid dienone is 1. The van der Waals surface area contributed by atoms with E-state index in [0.29, 0.717) is 25.1 Å². The highest BCUT2D eigenvalue weighted by Gasteiger charge is 2.37. The zero-order valence-electron chi connectivity index (χ0n) is 17.4. The lowest BCUT2D eigenvalue weighted by atomic mass is 10.0. The zero-order chi connectivity index (χ0) is 23.0. The van der Waals surface area contributed by atoms with E-state index in [2.05, 4.69) is 9.98 Å². The van der Waals surface area contributed by atoms with Crippen molar-refractivity contribution < 1.29 is 22.4 Å². The molecule has 0 N–H and O–H groups in total. The Morgan fingerprint density at radius 2 is 2.16 bits per heavy atom. The second kappa shape index (κ2) is 8.46. The lowest BCUT2D eigenvalue weighted by Gasteiger charge is -2.15. The standard InChI is InChI=1S/C22H20ClF3N4O2/c1-3-6-27-13(2)14-4-7-29(10-14)21(31)18-19(23)30-11-16(15-5-8-32-12-15)9-17(20(30)28-18)22(24,25)26/h3,5-6,8-9,11-12,14H,4,7,10H2,1-2H3/b6-3-,27-13?. The fourth-order valence-electron chi connectivity index (χ4n) is 3.78. The highest BCUT2D eigenvalue weighted by atomic mass is 35.5. The summed E-state index contributed by atoms with van der Waals surface area (Å²) >= 11 is 6.38. The van der Waals surface area contributed by atoms with Crippen LogP contribution in [0, 0.1) is 5.92 Å².